The maximum atomic E-state index is 9.69. The zero-order chi connectivity index (χ0) is 12.1. The zero-order valence-corrected chi connectivity index (χ0v) is 9.47. The standard InChI is InChI=1S/C8H8Cl2N4O2/c9-6-1-4(2-7(10)13-6)8(16)5(15)3-12-14-11/h1-2,5,8,15-16H,3H2. The van der Waals surface area contributed by atoms with Crippen LogP contribution in [0, 0.1) is 0 Å². The molecule has 16 heavy (non-hydrogen) atoms. The molecule has 1 rings (SSSR count). The van der Waals surface area contributed by atoms with Gasteiger partial charge in [-0.1, -0.05) is 28.3 Å². The van der Waals surface area contributed by atoms with E-state index in [-0.39, 0.29) is 16.9 Å². The monoisotopic (exact) mass is 262 g/mol. The van der Waals surface area contributed by atoms with Crippen molar-refractivity contribution in [3.63, 3.8) is 0 Å². The summed E-state index contributed by atoms with van der Waals surface area (Å²) in [5, 5.41) is 22.5. The van der Waals surface area contributed by atoms with E-state index in [1.807, 2.05) is 0 Å². The Bertz CT molecular complexity index is 402. The molecule has 86 valence electrons. The third-order valence-electron chi connectivity index (χ3n) is 1.82. The lowest BCUT2D eigenvalue weighted by Gasteiger charge is -2.16. The van der Waals surface area contributed by atoms with Gasteiger partial charge in [0.1, 0.15) is 16.4 Å². The third kappa shape index (κ3) is 3.52. The van der Waals surface area contributed by atoms with Gasteiger partial charge in [0, 0.05) is 4.91 Å². The molecule has 0 saturated heterocycles. The van der Waals surface area contributed by atoms with Gasteiger partial charge in [-0.25, -0.2) is 4.98 Å². The number of azide groups is 1. The van der Waals surface area contributed by atoms with Gasteiger partial charge in [-0.05, 0) is 23.2 Å². The van der Waals surface area contributed by atoms with Crippen molar-refractivity contribution in [1.29, 1.82) is 0 Å². The average molecular weight is 263 g/mol. The second-order valence-electron chi connectivity index (χ2n) is 2.97. The summed E-state index contributed by atoms with van der Waals surface area (Å²) in [5.74, 6) is 0. The van der Waals surface area contributed by atoms with Crippen molar-refractivity contribution in [1.82, 2.24) is 4.98 Å². The molecule has 1 aromatic heterocycles. The van der Waals surface area contributed by atoms with Crippen molar-refractivity contribution in [2.24, 2.45) is 5.11 Å². The van der Waals surface area contributed by atoms with Crippen molar-refractivity contribution in [3.8, 4) is 0 Å². The highest BCUT2D eigenvalue weighted by Crippen LogP contribution is 2.22. The molecule has 0 aliphatic rings. The van der Waals surface area contributed by atoms with Crippen LogP contribution in [0.25, 0.3) is 10.4 Å². The van der Waals surface area contributed by atoms with Gasteiger partial charge in [0.25, 0.3) is 0 Å². The predicted octanol–water partition coefficient (Wildman–Crippen LogP) is 2.09. The summed E-state index contributed by atoms with van der Waals surface area (Å²) in [6, 6.07) is 2.74. The lowest BCUT2D eigenvalue weighted by atomic mass is 10.1. The molecule has 0 aliphatic heterocycles. The first-order valence-electron chi connectivity index (χ1n) is 4.24. The summed E-state index contributed by atoms with van der Waals surface area (Å²) in [7, 11) is 0. The molecule has 2 N–H and O–H groups in total. The van der Waals surface area contributed by atoms with E-state index < -0.39 is 12.2 Å². The lowest BCUT2D eigenvalue weighted by Crippen LogP contribution is -2.21. The molecule has 0 aliphatic carbocycles. The van der Waals surface area contributed by atoms with Crippen molar-refractivity contribution in [2.45, 2.75) is 12.2 Å². The predicted molar refractivity (Wildman–Crippen MR) is 59.2 cm³/mol. The van der Waals surface area contributed by atoms with Crippen LogP contribution < -0.4 is 0 Å². The lowest BCUT2D eigenvalue weighted by molar-refractivity contribution is 0.0244. The van der Waals surface area contributed by atoms with Gasteiger partial charge in [0.15, 0.2) is 0 Å². The van der Waals surface area contributed by atoms with Gasteiger partial charge >= 0.3 is 0 Å². The number of aromatic nitrogens is 1. The highest BCUT2D eigenvalue weighted by Gasteiger charge is 2.18. The largest absolute Gasteiger partial charge is 0.390 e. The number of aliphatic hydroxyl groups is 2. The van der Waals surface area contributed by atoms with Crippen LogP contribution in [0.2, 0.25) is 10.3 Å². The van der Waals surface area contributed by atoms with Gasteiger partial charge in [-0.3, -0.25) is 0 Å². The number of halogens is 2. The first-order valence-corrected chi connectivity index (χ1v) is 5.00. The molecule has 0 bridgehead atoms. The number of rotatable bonds is 4. The molecule has 0 radical (unpaired) electrons. The van der Waals surface area contributed by atoms with E-state index in [1.54, 1.807) is 0 Å². The first kappa shape index (κ1) is 13.0. The van der Waals surface area contributed by atoms with Crippen LogP contribution in [0.5, 0.6) is 0 Å². The molecule has 0 fully saturated rings. The molecule has 1 aromatic rings. The second-order valence-corrected chi connectivity index (χ2v) is 3.75. The Morgan fingerprint density at radius 2 is 1.94 bits per heavy atom. The fourth-order valence-corrected chi connectivity index (χ4v) is 1.57. The average Bonchev–Trinajstić information content (AvgIpc) is 2.23. The topological polar surface area (TPSA) is 102 Å². The van der Waals surface area contributed by atoms with Crippen molar-refractivity contribution < 1.29 is 10.2 Å². The number of aliphatic hydroxyl groups excluding tert-OH is 2. The second kappa shape index (κ2) is 5.89. The molecule has 8 heteroatoms. The molecule has 0 amide bonds. The Kier molecular flexibility index (Phi) is 4.79. The number of hydrogen-bond acceptors (Lipinski definition) is 4. The maximum Gasteiger partial charge on any atom is 0.131 e. The molecule has 0 saturated carbocycles. The van der Waals surface area contributed by atoms with Crippen molar-refractivity contribution in [3.05, 3.63) is 38.4 Å². The van der Waals surface area contributed by atoms with E-state index >= 15 is 0 Å². The van der Waals surface area contributed by atoms with E-state index in [2.05, 4.69) is 15.0 Å². The Hall–Kier alpha value is -1.04. The Morgan fingerprint density at radius 3 is 2.44 bits per heavy atom. The first-order chi connectivity index (χ1) is 7.54. The summed E-state index contributed by atoms with van der Waals surface area (Å²) >= 11 is 11.3. The summed E-state index contributed by atoms with van der Waals surface area (Å²) < 4.78 is 0. The fraction of sp³-hybridized carbons (Fsp3) is 0.375. The highest BCUT2D eigenvalue weighted by molar-refractivity contribution is 6.32. The van der Waals surface area contributed by atoms with E-state index in [4.69, 9.17) is 28.7 Å². The minimum absolute atomic E-state index is 0.109. The number of pyridine rings is 1. The van der Waals surface area contributed by atoms with E-state index in [0.29, 0.717) is 5.56 Å². The van der Waals surface area contributed by atoms with E-state index in [0.717, 1.165) is 0 Å². The van der Waals surface area contributed by atoms with E-state index in [9.17, 15) is 10.2 Å². The van der Waals surface area contributed by atoms with Crippen LogP contribution in [0.1, 0.15) is 11.7 Å². The Morgan fingerprint density at radius 1 is 1.38 bits per heavy atom. The summed E-state index contributed by atoms with van der Waals surface area (Å²) in [6.45, 7) is -0.241. The minimum atomic E-state index is -1.23. The van der Waals surface area contributed by atoms with Crippen LogP contribution in [-0.2, 0) is 0 Å². The molecule has 1 heterocycles. The number of nitrogens with zero attached hydrogens (tertiary/aromatic N) is 4. The van der Waals surface area contributed by atoms with Gasteiger partial charge in [-0.2, -0.15) is 0 Å². The smallest absolute Gasteiger partial charge is 0.131 e. The van der Waals surface area contributed by atoms with Crippen LogP contribution in [0.3, 0.4) is 0 Å². The quantitative estimate of drug-likeness (QED) is 0.376. The van der Waals surface area contributed by atoms with E-state index in [1.165, 1.54) is 12.1 Å². The summed E-state index contributed by atoms with van der Waals surface area (Å²) in [5.41, 5.74) is 8.38. The third-order valence-corrected chi connectivity index (χ3v) is 2.21. The summed E-state index contributed by atoms with van der Waals surface area (Å²) in [4.78, 5) is 6.17. The SMILES string of the molecule is [N-]=[N+]=NCC(O)C(O)c1cc(Cl)nc(Cl)c1. The normalized spacial score (nSPS) is 14.0. The highest BCUT2D eigenvalue weighted by atomic mass is 35.5. The molecule has 6 nitrogen and oxygen atoms in total. The van der Waals surface area contributed by atoms with Crippen LogP contribution in [0.4, 0.5) is 0 Å². The van der Waals surface area contributed by atoms with Crippen LogP contribution >= 0.6 is 23.2 Å². The van der Waals surface area contributed by atoms with Crippen LogP contribution in [-0.4, -0.2) is 27.8 Å². The number of hydrogen-bond donors (Lipinski definition) is 2. The molecular weight excluding hydrogens is 255 g/mol. The molecule has 0 aromatic carbocycles. The van der Waals surface area contributed by atoms with Gasteiger partial charge in [0.2, 0.25) is 0 Å². The molecule has 2 unspecified atom stereocenters. The van der Waals surface area contributed by atoms with Crippen molar-refractivity contribution in [2.75, 3.05) is 6.54 Å². The Balaban J connectivity index is 2.86. The van der Waals surface area contributed by atoms with Gasteiger partial charge in [-0.15, -0.1) is 0 Å². The zero-order valence-electron chi connectivity index (χ0n) is 7.96. The van der Waals surface area contributed by atoms with Gasteiger partial charge in [0.05, 0.1) is 12.6 Å². The van der Waals surface area contributed by atoms with Gasteiger partial charge < -0.3 is 10.2 Å². The van der Waals surface area contributed by atoms with Crippen molar-refractivity contribution >= 4 is 23.2 Å². The van der Waals surface area contributed by atoms with Crippen LogP contribution in [0.15, 0.2) is 17.2 Å². The molecule has 0 spiro atoms. The fourth-order valence-electron chi connectivity index (χ4n) is 1.10. The Labute approximate surface area is 101 Å². The molecule has 2 atom stereocenters. The molecular formula is C8H8Cl2N4O2. The summed E-state index contributed by atoms with van der Waals surface area (Å²) in [6.07, 6.45) is -2.45. The maximum absolute atomic E-state index is 9.69. The minimum Gasteiger partial charge on any atom is -0.390 e.